The van der Waals surface area contributed by atoms with Gasteiger partial charge in [-0.2, -0.15) is 0 Å². The predicted octanol–water partition coefficient (Wildman–Crippen LogP) is 5.05. The summed E-state index contributed by atoms with van der Waals surface area (Å²) in [6.45, 7) is 0.339. The summed E-state index contributed by atoms with van der Waals surface area (Å²) in [6.07, 6.45) is 1.91. The number of aryl methyl sites for hydroxylation is 2. The number of Topliss-reactive ketones (excluding diaryl/α,β-unsaturated/α-hetero) is 1. The maximum Gasteiger partial charge on any atom is 0.163 e. The summed E-state index contributed by atoms with van der Waals surface area (Å²) >= 11 is 3.54. The van der Waals surface area contributed by atoms with Gasteiger partial charge in [0, 0.05) is 44.8 Å². The summed E-state index contributed by atoms with van der Waals surface area (Å²) in [6, 6.07) is 10.1. The van der Waals surface area contributed by atoms with Crippen LogP contribution in [0, 0.1) is 0 Å². The summed E-state index contributed by atoms with van der Waals surface area (Å²) in [5.41, 5.74) is 4.23. The summed E-state index contributed by atoms with van der Waals surface area (Å²) in [5, 5.41) is 2.31. The molecule has 2 aromatic carbocycles. The van der Waals surface area contributed by atoms with E-state index in [0.29, 0.717) is 19.4 Å². The molecule has 0 unspecified atom stereocenters. The molecule has 0 fully saturated rings. The lowest BCUT2D eigenvalue weighted by molar-refractivity contribution is 0.0994. The lowest BCUT2D eigenvalue weighted by Crippen LogP contribution is -1.99. The van der Waals surface area contributed by atoms with E-state index in [9.17, 15) is 9.18 Å². The van der Waals surface area contributed by atoms with E-state index in [0.717, 1.165) is 38.4 Å². The standard InChI is InChI=1S/C18H15BrFNO/c19-11-2-5-15-14(10-11)18-13-4-7-17(22)12(13)3-6-16(18)21(15)9-1-8-20/h2-3,5-6,10H,1,4,7-9H2. The first-order valence-corrected chi connectivity index (χ1v) is 8.32. The maximum atomic E-state index is 12.7. The Hall–Kier alpha value is -1.68. The Kier molecular flexibility index (Phi) is 3.30. The highest BCUT2D eigenvalue weighted by Crippen LogP contribution is 2.38. The van der Waals surface area contributed by atoms with Crippen LogP contribution in [0.25, 0.3) is 21.8 Å². The first-order chi connectivity index (χ1) is 10.7. The molecule has 1 heterocycles. The van der Waals surface area contributed by atoms with Crippen molar-refractivity contribution in [2.75, 3.05) is 6.67 Å². The van der Waals surface area contributed by atoms with Gasteiger partial charge in [0.25, 0.3) is 0 Å². The van der Waals surface area contributed by atoms with Crippen molar-refractivity contribution in [3.05, 3.63) is 45.9 Å². The van der Waals surface area contributed by atoms with Crippen molar-refractivity contribution in [1.29, 1.82) is 0 Å². The maximum absolute atomic E-state index is 12.7. The fourth-order valence-corrected chi connectivity index (χ4v) is 3.95. The van der Waals surface area contributed by atoms with Crippen LogP contribution < -0.4 is 0 Å². The lowest BCUT2D eigenvalue weighted by Gasteiger charge is -2.06. The number of benzene rings is 2. The van der Waals surface area contributed by atoms with Gasteiger partial charge in [-0.3, -0.25) is 9.18 Å². The van der Waals surface area contributed by atoms with Gasteiger partial charge in [-0.05, 0) is 48.7 Å². The first-order valence-electron chi connectivity index (χ1n) is 7.53. The van der Waals surface area contributed by atoms with E-state index in [1.807, 2.05) is 18.2 Å². The van der Waals surface area contributed by atoms with Crippen molar-refractivity contribution in [1.82, 2.24) is 4.57 Å². The normalized spacial score (nSPS) is 14.2. The number of hydrogen-bond acceptors (Lipinski definition) is 1. The Morgan fingerprint density at radius 3 is 2.77 bits per heavy atom. The molecule has 1 aliphatic carbocycles. The second kappa shape index (κ2) is 5.20. The molecule has 0 saturated carbocycles. The third-order valence-electron chi connectivity index (χ3n) is 4.52. The van der Waals surface area contributed by atoms with Crippen LogP contribution in [-0.4, -0.2) is 17.0 Å². The molecule has 0 N–H and O–H groups in total. The topological polar surface area (TPSA) is 22.0 Å². The molecule has 0 saturated heterocycles. The number of halogens is 2. The van der Waals surface area contributed by atoms with Gasteiger partial charge in [0.05, 0.1) is 6.67 Å². The highest BCUT2D eigenvalue weighted by molar-refractivity contribution is 9.10. The van der Waals surface area contributed by atoms with E-state index in [1.165, 1.54) is 5.39 Å². The Bertz CT molecular complexity index is 912. The molecule has 0 spiro atoms. The molecule has 1 aliphatic rings. The van der Waals surface area contributed by atoms with Gasteiger partial charge in [-0.1, -0.05) is 15.9 Å². The smallest absolute Gasteiger partial charge is 0.163 e. The van der Waals surface area contributed by atoms with Crippen molar-refractivity contribution in [3.8, 4) is 0 Å². The molecule has 3 aromatic rings. The molecule has 0 amide bonds. The molecule has 0 bridgehead atoms. The molecular formula is C18H15BrFNO. The van der Waals surface area contributed by atoms with Crippen molar-refractivity contribution in [2.45, 2.75) is 25.8 Å². The van der Waals surface area contributed by atoms with E-state index >= 15 is 0 Å². The van der Waals surface area contributed by atoms with Gasteiger partial charge in [0.1, 0.15) is 0 Å². The second-order valence-corrected chi connectivity index (χ2v) is 6.68. The lowest BCUT2D eigenvalue weighted by atomic mass is 10.0. The van der Waals surface area contributed by atoms with Gasteiger partial charge in [-0.25, -0.2) is 0 Å². The number of rotatable bonds is 3. The number of ketones is 1. The van der Waals surface area contributed by atoms with Gasteiger partial charge in [0.15, 0.2) is 5.78 Å². The minimum Gasteiger partial charge on any atom is -0.340 e. The Balaban J connectivity index is 2.11. The quantitative estimate of drug-likeness (QED) is 0.641. The van der Waals surface area contributed by atoms with Crippen LogP contribution >= 0.6 is 15.9 Å². The predicted molar refractivity (Wildman–Crippen MR) is 90.4 cm³/mol. The number of alkyl halides is 1. The van der Waals surface area contributed by atoms with Gasteiger partial charge in [-0.15, -0.1) is 0 Å². The van der Waals surface area contributed by atoms with Crippen molar-refractivity contribution >= 4 is 43.5 Å². The van der Waals surface area contributed by atoms with Gasteiger partial charge >= 0.3 is 0 Å². The van der Waals surface area contributed by atoms with Gasteiger partial charge in [0.2, 0.25) is 0 Å². The third-order valence-corrected chi connectivity index (χ3v) is 5.01. The highest BCUT2D eigenvalue weighted by Gasteiger charge is 2.24. The first kappa shape index (κ1) is 13.9. The van der Waals surface area contributed by atoms with Gasteiger partial charge < -0.3 is 4.57 Å². The van der Waals surface area contributed by atoms with E-state index in [4.69, 9.17) is 0 Å². The third kappa shape index (κ3) is 1.93. The SMILES string of the molecule is O=C1CCc2c1ccc1c2c2cc(Br)ccc2n1CCCF. The van der Waals surface area contributed by atoms with Crippen LogP contribution in [0.4, 0.5) is 4.39 Å². The fraction of sp³-hybridized carbons (Fsp3) is 0.278. The Labute approximate surface area is 136 Å². The molecule has 22 heavy (non-hydrogen) atoms. The molecular weight excluding hydrogens is 345 g/mol. The Morgan fingerprint density at radius 2 is 1.95 bits per heavy atom. The van der Waals surface area contributed by atoms with Crippen LogP contribution in [0.1, 0.15) is 28.8 Å². The number of aromatic nitrogens is 1. The molecule has 112 valence electrons. The molecule has 1 aromatic heterocycles. The number of carbonyl (C=O) groups excluding carboxylic acids is 1. The zero-order chi connectivity index (χ0) is 15.3. The minimum absolute atomic E-state index is 0.233. The Morgan fingerprint density at radius 1 is 1.14 bits per heavy atom. The summed E-state index contributed by atoms with van der Waals surface area (Å²) in [7, 11) is 0. The number of fused-ring (bicyclic) bond motifs is 5. The summed E-state index contributed by atoms with van der Waals surface area (Å²) < 4.78 is 15.9. The average Bonchev–Trinajstić information content (AvgIpc) is 3.03. The molecule has 0 aliphatic heterocycles. The zero-order valence-electron chi connectivity index (χ0n) is 12.0. The van der Waals surface area contributed by atoms with Crippen molar-refractivity contribution < 1.29 is 9.18 Å². The van der Waals surface area contributed by atoms with Crippen LogP contribution in [0.15, 0.2) is 34.8 Å². The largest absolute Gasteiger partial charge is 0.340 e. The zero-order valence-corrected chi connectivity index (χ0v) is 13.6. The highest BCUT2D eigenvalue weighted by atomic mass is 79.9. The van der Waals surface area contributed by atoms with E-state index in [1.54, 1.807) is 0 Å². The minimum atomic E-state index is -0.318. The summed E-state index contributed by atoms with van der Waals surface area (Å²) in [4.78, 5) is 12.0. The van der Waals surface area contributed by atoms with Crippen molar-refractivity contribution in [2.24, 2.45) is 0 Å². The number of nitrogens with zero attached hydrogens (tertiary/aromatic N) is 1. The van der Waals surface area contributed by atoms with E-state index in [2.05, 4.69) is 32.6 Å². The molecule has 2 nitrogen and oxygen atoms in total. The van der Waals surface area contributed by atoms with E-state index < -0.39 is 0 Å². The van der Waals surface area contributed by atoms with Crippen LogP contribution in [0.3, 0.4) is 0 Å². The van der Waals surface area contributed by atoms with Crippen LogP contribution in [0.2, 0.25) is 0 Å². The van der Waals surface area contributed by atoms with Crippen molar-refractivity contribution in [3.63, 3.8) is 0 Å². The molecule has 4 heteroatoms. The molecule has 4 rings (SSSR count). The average molecular weight is 360 g/mol. The van der Waals surface area contributed by atoms with E-state index in [-0.39, 0.29) is 12.5 Å². The number of carbonyl (C=O) groups is 1. The molecule has 0 radical (unpaired) electrons. The summed E-state index contributed by atoms with van der Waals surface area (Å²) in [5.74, 6) is 0.233. The number of hydrogen-bond donors (Lipinski definition) is 0. The van der Waals surface area contributed by atoms with Crippen LogP contribution in [0.5, 0.6) is 0 Å². The second-order valence-electron chi connectivity index (χ2n) is 5.76. The fourth-order valence-electron chi connectivity index (χ4n) is 3.59. The monoisotopic (exact) mass is 359 g/mol. The molecule has 0 atom stereocenters. The van der Waals surface area contributed by atoms with Crippen LogP contribution in [-0.2, 0) is 13.0 Å².